The summed E-state index contributed by atoms with van der Waals surface area (Å²) in [6.45, 7) is 2.58. The van der Waals surface area contributed by atoms with Crippen molar-refractivity contribution < 1.29 is 22.6 Å². The summed E-state index contributed by atoms with van der Waals surface area (Å²) in [6.07, 6.45) is -2.87. The van der Waals surface area contributed by atoms with Crippen molar-refractivity contribution >= 4 is 5.69 Å². The maximum atomic E-state index is 12.2. The zero-order valence-corrected chi connectivity index (χ0v) is 10.5. The Morgan fingerprint density at radius 1 is 1.26 bits per heavy atom. The standard InChI is InChI=1S/C13H16F3NO2/c1-2-18-10-7-9(8-10)17-11-5-3-4-6-12(11)19-13(14,15)16/h3-6,9-10,17H,2,7-8H2,1H3. The lowest BCUT2D eigenvalue weighted by Gasteiger charge is -2.36. The fourth-order valence-corrected chi connectivity index (χ4v) is 2.07. The zero-order chi connectivity index (χ0) is 13.9. The van der Waals surface area contributed by atoms with E-state index in [2.05, 4.69) is 10.1 Å². The van der Waals surface area contributed by atoms with E-state index in [-0.39, 0.29) is 17.9 Å². The van der Waals surface area contributed by atoms with Gasteiger partial charge in [-0.05, 0) is 31.9 Å². The van der Waals surface area contributed by atoms with Gasteiger partial charge in [0.15, 0.2) is 5.75 Å². The van der Waals surface area contributed by atoms with Crippen LogP contribution in [0.3, 0.4) is 0 Å². The van der Waals surface area contributed by atoms with E-state index < -0.39 is 6.36 Å². The van der Waals surface area contributed by atoms with Crippen LogP contribution in [0.1, 0.15) is 19.8 Å². The van der Waals surface area contributed by atoms with E-state index in [9.17, 15) is 13.2 Å². The molecule has 0 spiro atoms. The minimum Gasteiger partial charge on any atom is -0.404 e. The van der Waals surface area contributed by atoms with Crippen molar-refractivity contribution in [3.05, 3.63) is 24.3 Å². The molecule has 1 saturated carbocycles. The van der Waals surface area contributed by atoms with Crippen LogP contribution in [-0.4, -0.2) is 25.1 Å². The first-order valence-electron chi connectivity index (χ1n) is 6.21. The first kappa shape index (κ1) is 14.0. The Hall–Kier alpha value is -1.43. The molecule has 0 saturated heterocycles. The van der Waals surface area contributed by atoms with Crippen LogP contribution in [0.25, 0.3) is 0 Å². The summed E-state index contributed by atoms with van der Waals surface area (Å²) in [5.74, 6) is -0.199. The molecule has 1 aromatic carbocycles. The Labute approximate surface area is 109 Å². The van der Waals surface area contributed by atoms with Crippen molar-refractivity contribution in [2.75, 3.05) is 11.9 Å². The summed E-state index contributed by atoms with van der Waals surface area (Å²) in [4.78, 5) is 0. The minimum absolute atomic E-state index is 0.134. The Morgan fingerprint density at radius 2 is 1.95 bits per heavy atom. The Balaban J connectivity index is 1.94. The quantitative estimate of drug-likeness (QED) is 0.891. The molecule has 106 valence electrons. The van der Waals surface area contributed by atoms with Crippen LogP contribution in [-0.2, 0) is 4.74 Å². The molecular weight excluding hydrogens is 259 g/mol. The fraction of sp³-hybridized carbons (Fsp3) is 0.538. The SMILES string of the molecule is CCOC1CC(Nc2ccccc2OC(F)(F)F)C1. The van der Waals surface area contributed by atoms with Gasteiger partial charge in [0, 0.05) is 12.6 Å². The number of benzene rings is 1. The molecule has 1 fully saturated rings. The summed E-state index contributed by atoms with van der Waals surface area (Å²) in [6, 6.07) is 6.19. The molecule has 0 amide bonds. The lowest BCUT2D eigenvalue weighted by molar-refractivity contribution is -0.274. The van der Waals surface area contributed by atoms with Crippen LogP contribution >= 0.6 is 0 Å². The summed E-state index contributed by atoms with van der Waals surface area (Å²) < 4.78 is 46.1. The summed E-state index contributed by atoms with van der Waals surface area (Å²) in [5.41, 5.74) is 0.361. The average molecular weight is 275 g/mol. The highest BCUT2D eigenvalue weighted by molar-refractivity contribution is 5.57. The molecule has 1 N–H and O–H groups in total. The van der Waals surface area contributed by atoms with Crippen LogP contribution < -0.4 is 10.1 Å². The third-order valence-corrected chi connectivity index (χ3v) is 2.97. The average Bonchev–Trinajstić information content (AvgIpc) is 2.26. The molecule has 1 aromatic rings. The van der Waals surface area contributed by atoms with E-state index in [1.54, 1.807) is 12.1 Å². The van der Waals surface area contributed by atoms with E-state index >= 15 is 0 Å². The molecule has 3 nitrogen and oxygen atoms in total. The van der Waals surface area contributed by atoms with Gasteiger partial charge in [-0.2, -0.15) is 0 Å². The lowest BCUT2D eigenvalue weighted by Crippen LogP contribution is -2.40. The number of hydrogen-bond donors (Lipinski definition) is 1. The molecule has 6 heteroatoms. The number of para-hydroxylation sites is 2. The van der Waals surface area contributed by atoms with E-state index in [0.29, 0.717) is 12.3 Å². The van der Waals surface area contributed by atoms with Crippen molar-refractivity contribution in [2.24, 2.45) is 0 Å². The molecule has 0 atom stereocenters. The van der Waals surface area contributed by atoms with Crippen molar-refractivity contribution in [1.29, 1.82) is 0 Å². The van der Waals surface area contributed by atoms with Crippen molar-refractivity contribution in [2.45, 2.75) is 38.3 Å². The first-order chi connectivity index (χ1) is 8.98. The summed E-state index contributed by atoms with van der Waals surface area (Å²) in [7, 11) is 0. The monoisotopic (exact) mass is 275 g/mol. The molecule has 1 aliphatic rings. The number of halogens is 3. The van der Waals surface area contributed by atoms with Crippen LogP contribution in [0.4, 0.5) is 18.9 Å². The maximum Gasteiger partial charge on any atom is 0.573 e. The van der Waals surface area contributed by atoms with Crippen LogP contribution in [0.2, 0.25) is 0 Å². The van der Waals surface area contributed by atoms with Gasteiger partial charge in [0.05, 0.1) is 11.8 Å². The van der Waals surface area contributed by atoms with Crippen LogP contribution in [0, 0.1) is 0 Å². The highest BCUT2D eigenvalue weighted by Gasteiger charge is 2.33. The largest absolute Gasteiger partial charge is 0.573 e. The van der Waals surface area contributed by atoms with Gasteiger partial charge in [-0.1, -0.05) is 12.1 Å². The van der Waals surface area contributed by atoms with E-state index in [1.807, 2.05) is 6.92 Å². The zero-order valence-electron chi connectivity index (χ0n) is 10.5. The number of rotatable bonds is 5. The Kier molecular flexibility index (Phi) is 4.19. The normalized spacial score (nSPS) is 22.7. The molecule has 0 aliphatic heterocycles. The summed E-state index contributed by atoms with van der Waals surface area (Å²) in [5, 5.41) is 3.05. The highest BCUT2D eigenvalue weighted by atomic mass is 19.4. The molecule has 19 heavy (non-hydrogen) atoms. The molecule has 0 unspecified atom stereocenters. The third-order valence-electron chi connectivity index (χ3n) is 2.97. The van der Waals surface area contributed by atoms with Gasteiger partial charge < -0.3 is 14.8 Å². The van der Waals surface area contributed by atoms with Crippen molar-refractivity contribution in [1.82, 2.24) is 0 Å². The van der Waals surface area contributed by atoms with E-state index in [0.717, 1.165) is 12.8 Å². The Morgan fingerprint density at radius 3 is 2.58 bits per heavy atom. The number of anilines is 1. The fourth-order valence-electron chi connectivity index (χ4n) is 2.07. The summed E-state index contributed by atoms with van der Waals surface area (Å²) >= 11 is 0. The number of nitrogens with one attached hydrogen (secondary N) is 1. The van der Waals surface area contributed by atoms with Gasteiger partial charge in [0.1, 0.15) is 0 Å². The predicted octanol–water partition coefficient (Wildman–Crippen LogP) is 3.56. The second-order valence-corrected chi connectivity index (χ2v) is 4.43. The maximum absolute atomic E-state index is 12.2. The molecule has 1 aliphatic carbocycles. The van der Waals surface area contributed by atoms with Gasteiger partial charge in [-0.3, -0.25) is 0 Å². The molecule has 0 heterocycles. The van der Waals surface area contributed by atoms with Crippen molar-refractivity contribution in [3.63, 3.8) is 0 Å². The molecule has 0 radical (unpaired) electrons. The third kappa shape index (κ3) is 4.02. The molecule has 0 aromatic heterocycles. The van der Waals surface area contributed by atoms with Gasteiger partial charge >= 0.3 is 6.36 Å². The van der Waals surface area contributed by atoms with Gasteiger partial charge in [-0.15, -0.1) is 13.2 Å². The van der Waals surface area contributed by atoms with Crippen LogP contribution in [0.15, 0.2) is 24.3 Å². The van der Waals surface area contributed by atoms with Crippen LogP contribution in [0.5, 0.6) is 5.75 Å². The number of hydrogen-bond acceptors (Lipinski definition) is 3. The predicted molar refractivity (Wildman–Crippen MR) is 65.2 cm³/mol. The topological polar surface area (TPSA) is 30.5 Å². The second-order valence-electron chi connectivity index (χ2n) is 4.43. The smallest absolute Gasteiger partial charge is 0.404 e. The lowest BCUT2D eigenvalue weighted by atomic mass is 9.89. The number of alkyl halides is 3. The van der Waals surface area contributed by atoms with Gasteiger partial charge in [0.2, 0.25) is 0 Å². The molecule has 0 bridgehead atoms. The molecule has 2 rings (SSSR count). The van der Waals surface area contributed by atoms with Crippen molar-refractivity contribution in [3.8, 4) is 5.75 Å². The first-order valence-corrected chi connectivity index (χ1v) is 6.21. The number of ether oxygens (including phenoxy) is 2. The highest BCUT2D eigenvalue weighted by Crippen LogP contribution is 2.33. The minimum atomic E-state index is -4.68. The van der Waals surface area contributed by atoms with Gasteiger partial charge in [-0.25, -0.2) is 0 Å². The van der Waals surface area contributed by atoms with E-state index in [1.165, 1.54) is 12.1 Å². The Bertz CT molecular complexity index is 417. The van der Waals surface area contributed by atoms with Gasteiger partial charge in [0.25, 0.3) is 0 Å². The second kappa shape index (κ2) is 5.69. The van der Waals surface area contributed by atoms with E-state index in [4.69, 9.17) is 4.74 Å². The molecular formula is C13H16F3NO2.